The molecule has 1 rings (SSSR count). The van der Waals surface area contributed by atoms with E-state index < -0.39 is 0 Å². The Morgan fingerprint density at radius 2 is 2.25 bits per heavy atom. The van der Waals surface area contributed by atoms with E-state index in [2.05, 4.69) is 15.9 Å². The molecule has 16 heavy (non-hydrogen) atoms. The summed E-state index contributed by atoms with van der Waals surface area (Å²) in [5.74, 6) is -0.0379. The lowest BCUT2D eigenvalue weighted by atomic mass is 10.3. The van der Waals surface area contributed by atoms with Crippen molar-refractivity contribution < 1.29 is 9.90 Å². The van der Waals surface area contributed by atoms with Gasteiger partial charge in [-0.25, -0.2) is 0 Å². The Hall–Kier alpha value is -0.810. The van der Waals surface area contributed by atoms with Crippen molar-refractivity contribution in [3.05, 3.63) is 22.4 Å². The molecule has 0 aliphatic heterocycles. The molecule has 0 aliphatic carbocycles. The van der Waals surface area contributed by atoms with Gasteiger partial charge in [0.05, 0.1) is 6.61 Å². The highest BCUT2D eigenvalue weighted by Gasteiger charge is 2.17. The Morgan fingerprint density at radius 1 is 1.56 bits per heavy atom. The van der Waals surface area contributed by atoms with Gasteiger partial charge in [0, 0.05) is 30.3 Å². The minimum atomic E-state index is -0.0379. The Morgan fingerprint density at radius 3 is 2.75 bits per heavy atom. The van der Waals surface area contributed by atoms with E-state index >= 15 is 0 Å². The fourth-order valence-electron chi connectivity index (χ4n) is 1.60. The Labute approximate surface area is 104 Å². The molecule has 1 N–H and O–H groups in total. The average molecular weight is 289 g/mol. The first kappa shape index (κ1) is 13.3. The lowest BCUT2D eigenvalue weighted by Gasteiger charge is -2.20. The third kappa shape index (κ3) is 2.86. The molecule has 0 saturated heterocycles. The highest BCUT2D eigenvalue weighted by Crippen LogP contribution is 2.16. The smallest absolute Gasteiger partial charge is 0.270 e. The van der Waals surface area contributed by atoms with Crippen molar-refractivity contribution in [1.82, 2.24) is 9.47 Å². The van der Waals surface area contributed by atoms with E-state index in [1.807, 2.05) is 30.7 Å². The number of carbonyl (C=O) groups is 1. The number of aryl methyl sites for hydroxylation is 1. The first-order chi connectivity index (χ1) is 7.63. The predicted octanol–water partition coefficient (Wildman–Crippen LogP) is 1.72. The normalized spacial score (nSPS) is 10.5. The van der Waals surface area contributed by atoms with Gasteiger partial charge in [0.25, 0.3) is 5.91 Å². The number of aliphatic hydroxyl groups excluding tert-OH is 1. The van der Waals surface area contributed by atoms with Crippen molar-refractivity contribution in [2.24, 2.45) is 0 Å². The highest BCUT2D eigenvalue weighted by molar-refractivity contribution is 9.10. The average Bonchev–Trinajstić information content (AvgIpc) is 2.66. The maximum absolute atomic E-state index is 12.1. The molecular weight excluding hydrogens is 272 g/mol. The van der Waals surface area contributed by atoms with E-state index in [4.69, 9.17) is 5.11 Å². The summed E-state index contributed by atoms with van der Waals surface area (Å²) in [6.45, 7) is 5.62. The van der Waals surface area contributed by atoms with E-state index in [1.54, 1.807) is 4.90 Å². The molecule has 0 spiro atoms. The Bertz CT molecular complexity index is 363. The van der Waals surface area contributed by atoms with Crippen molar-refractivity contribution in [3.63, 3.8) is 0 Å². The predicted molar refractivity (Wildman–Crippen MR) is 66.5 cm³/mol. The van der Waals surface area contributed by atoms with Gasteiger partial charge in [-0.3, -0.25) is 4.79 Å². The first-order valence-electron chi connectivity index (χ1n) is 5.39. The van der Waals surface area contributed by atoms with Crippen LogP contribution in [0.25, 0.3) is 0 Å². The van der Waals surface area contributed by atoms with Gasteiger partial charge in [0.15, 0.2) is 0 Å². The van der Waals surface area contributed by atoms with Gasteiger partial charge < -0.3 is 14.6 Å². The summed E-state index contributed by atoms with van der Waals surface area (Å²) < 4.78 is 2.80. The van der Waals surface area contributed by atoms with Crippen molar-refractivity contribution in [1.29, 1.82) is 0 Å². The van der Waals surface area contributed by atoms with Crippen molar-refractivity contribution >= 4 is 21.8 Å². The number of rotatable bonds is 5. The van der Waals surface area contributed by atoms with Crippen LogP contribution in [0.3, 0.4) is 0 Å². The second-order valence-corrected chi connectivity index (χ2v) is 4.35. The number of nitrogens with zero attached hydrogens (tertiary/aromatic N) is 2. The maximum Gasteiger partial charge on any atom is 0.270 e. The highest BCUT2D eigenvalue weighted by atomic mass is 79.9. The van der Waals surface area contributed by atoms with Crippen molar-refractivity contribution in [2.45, 2.75) is 20.4 Å². The maximum atomic E-state index is 12.1. The number of amides is 1. The zero-order valence-corrected chi connectivity index (χ0v) is 11.2. The third-order valence-corrected chi connectivity index (χ3v) is 2.90. The Balaban J connectivity index is 2.93. The number of aromatic nitrogens is 1. The summed E-state index contributed by atoms with van der Waals surface area (Å²) >= 11 is 3.36. The molecule has 0 aromatic carbocycles. The van der Waals surface area contributed by atoms with Gasteiger partial charge in [-0.15, -0.1) is 0 Å². The molecule has 1 heterocycles. The van der Waals surface area contributed by atoms with Crippen LogP contribution in [0.5, 0.6) is 0 Å². The van der Waals surface area contributed by atoms with Crippen LogP contribution in [0.2, 0.25) is 0 Å². The van der Waals surface area contributed by atoms with Gasteiger partial charge in [0.2, 0.25) is 0 Å². The summed E-state index contributed by atoms with van der Waals surface area (Å²) in [5, 5.41) is 8.89. The molecule has 0 fully saturated rings. The van der Waals surface area contributed by atoms with Crippen molar-refractivity contribution in [3.8, 4) is 0 Å². The van der Waals surface area contributed by atoms with Gasteiger partial charge in [-0.2, -0.15) is 0 Å². The fourth-order valence-corrected chi connectivity index (χ4v) is 2.07. The largest absolute Gasteiger partial charge is 0.395 e. The summed E-state index contributed by atoms with van der Waals surface area (Å²) in [6.07, 6.45) is 1.89. The number of hydrogen-bond acceptors (Lipinski definition) is 2. The number of halogens is 1. The molecule has 0 bridgehead atoms. The molecule has 1 amide bonds. The van der Waals surface area contributed by atoms with Gasteiger partial charge in [-0.1, -0.05) is 0 Å². The molecule has 0 unspecified atom stereocenters. The van der Waals surface area contributed by atoms with Crippen LogP contribution in [-0.4, -0.2) is 40.2 Å². The fraction of sp³-hybridized carbons (Fsp3) is 0.545. The van der Waals surface area contributed by atoms with E-state index in [9.17, 15) is 4.79 Å². The molecule has 0 atom stereocenters. The number of aliphatic hydroxyl groups is 1. The minimum absolute atomic E-state index is 0.00637. The van der Waals surface area contributed by atoms with Gasteiger partial charge in [-0.05, 0) is 35.8 Å². The van der Waals surface area contributed by atoms with E-state index in [0.29, 0.717) is 18.8 Å². The molecule has 1 aromatic heterocycles. The van der Waals surface area contributed by atoms with Crippen LogP contribution in [0, 0.1) is 0 Å². The van der Waals surface area contributed by atoms with Crippen LogP contribution in [-0.2, 0) is 6.54 Å². The van der Waals surface area contributed by atoms with Gasteiger partial charge >= 0.3 is 0 Å². The summed E-state index contributed by atoms with van der Waals surface area (Å²) in [4.78, 5) is 13.8. The van der Waals surface area contributed by atoms with Crippen LogP contribution < -0.4 is 0 Å². The second kappa shape index (κ2) is 6.06. The molecule has 0 aliphatic rings. The van der Waals surface area contributed by atoms with E-state index in [1.165, 1.54) is 0 Å². The van der Waals surface area contributed by atoms with Gasteiger partial charge in [0.1, 0.15) is 5.69 Å². The van der Waals surface area contributed by atoms with Crippen LogP contribution in [0.15, 0.2) is 16.7 Å². The minimum Gasteiger partial charge on any atom is -0.395 e. The van der Waals surface area contributed by atoms with E-state index in [0.717, 1.165) is 11.0 Å². The zero-order valence-electron chi connectivity index (χ0n) is 9.61. The number of likely N-dealkylation sites (N-methyl/N-ethyl adjacent to an activating group) is 1. The molecule has 90 valence electrons. The molecule has 4 nitrogen and oxygen atoms in total. The lowest BCUT2D eigenvalue weighted by molar-refractivity contribution is 0.0721. The standard InChI is InChI=1S/C11H17BrN2O2/c1-3-13(5-6-15)11(16)10-7-9(12)8-14(10)4-2/h7-8,15H,3-6H2,1-2H3. The quantitative estimate of drug-likeness (QED) is 0.897. The molecular formula is C11H17BrN2O2. The van der Waals surface area contributed by atoms with Crippen LogP contribution in [0.4, 0.5) is 0 Å². The molecule has 0 saturated carbocycles. The Kier molecular flexibility index (Phi) is 5.02. The van der Waals surface area contributed by atoms with Crippen LogP contribution >= 0.6 is 15.9 Å². The topological polar surface area (TPSA) is 45.5 Å². The second-order valence-electron chi connectivity index (χ2n) is 3.44. The SMILES string of the molecule is CCN(CCO)C(=O)c1cc(Br)cn1CC. The third-order valence-electron chi connectivity index (χ3n) is 2.46. The summed E-state index contributed by atoms with van der Waals surface area (Å²) in [7, 11) is 0. The van der Waals surface area contributed by atoms with E-state index in [-0.39, 0.29) is 12.5 Å². The summed E-state index contributed by atoms with van der Waals surface area (Å²) in [6, 6.07) is 1.81. The van der Waals surface area contributed by atoms with Crippen molar-refractivity contribution in [2.75, 3.05) is 19.7 Å². The molecule has 1 aromatic rings. The number of hydrogen-bond donors (Lipinski definition) is 1. The molecule has 0 radical (unpaired) electrons. The molecule has 5 heteroatoms. The van der Waals surface area contributed by atoms with Crippen LogP contribution in [0.1, 0.15) is 24.3 Å². The zero-order chi connectivity index (χ0) is 12.1. The summed E-state index contributed by atoms with van der Waals surface area (Å²) in [5.41, 5.74) is 0.657. The number of carbonyl (C=O) groups excluding carboxylic acids is 1. The monoisotopic (exact) mass is 288 g/mol. The lowest BCUT2D eigenvalue weighted by Crippen LogP contribution is -2.34. The first-order valence-corrected chi connectivity index (χ1v) is 6.19.